The van der Waals surface area contributed by atoms with Gasteiger partial charge in [-0.05, 0) is 25.2 Å². The van der Waals surface area contributed by atoms with E-state index in [1.54, 1.807) is 0 Å². The summed E-state index contributed by atoms with van der Waals surface area (Å²) in [6.45, 7) is 1.66. The molecule has 1 unspecified atom stereocenters. The molecular formula is C12H21NO5. The molecule has 4 atom stereocenters. The van der Waals surface area contributed by atoms with Gasteiger partial charge in [-0.1, -0.05) is 0 Å². The lowest BCUT2D eigenvalue weighted by Gasteiger charge is -2.18. The van der Waals surface area contributed by atoms with Crippen molar-refractivity contribution in [2.45, 2.75) is 37.6 Å². The highest BCUT2D eigenvalue weighted by Crippen LogP contribution is 2.23. The van der Waals surface area contributed by atoms with E-state index < -0.39 is 12.2 Å². The fourth-order valence-electron chi connectivity index (χ4n) is 2.53. The van der Waals surface area contributed by atoms with Gasteiger partial charge in [0.2, 0.25) is 0 Å². The van der Waals surface area contributed by atoms with Crippen molar-refractivity contribution in [1.29, 1.82) is 0 Å². The molecule has 104 valence electrons. The average Bonchev–Trinajstić information content (AvgIpc) is 2.97. The maximum Gasteiger partial charge on any atom is 0.251 e. The van der Waals surface area contributed by atoms with Gasteiger partial charge in [-0.3, -0.25) is 4.79 Å². The number of ether oxygens (including phenoxy) is 2. The van der Waals surface area contributed by atoms with E-state index in [-0.39, 0.29) is 18.6 Å². The minimum absolute atomic E-state index is 0.0308. The second kappa shape index (κ2) is 6.47. The lowest BCUT2D eigenvalue weighted by molar-refractivity contribution is -0.133. The topological polar surface area (TPSA) is 88.0 Å². The first-order valence-electron chi connectivity index (χ1n) is 6.52. The number of aliphatic hydroxyl groups is 2. The fraction of sp³-hybridized carbons (Fsp3) is 0.917. The first-order valence-corrected chi connectivity index (χ1v) is 6.52. The molecule has 2 fully saturated rings. The van der Waals surface area contributed by atoms with Crippen LogP contribution in [0.2, 0.25) is 0 Å². The number of aliphatic hydroxyl groups excluding tert-OH is 2. The van der Waals surface area contributed by atoms with Crippen LogP contribution in [0.5, 0.6) is 0 Å². The van der Waals surface area contributed by atoms with Crippen molar-refractivity contribution in [3.63, 3.8) is 0 Å². The number of rotatable bonds is 5. The standard InChI is InChI=1S/C12H21NO5/c14-7-10-8(2-5-17-10)1-4-13-12(16)11-9(15)3-6-18-11/h8-11,14-15H,1-7H2,(H,13,16)/t8?,9-,10-,11+/m1/s1. The van der Waals surface area contributed by atoms with Crippen molar-refractivity contribution in [2.24, 2.45) is 5.92 Å². The zero-order valence-corrected chi connectivity index (χ0v) is 10.4. The molecule has 6 nitrogen and oxygen atoms in total. The van der Waals surface area contributed by atoms with Crippen LogP contribution in [0.4, 0.5) is 0 Å². The van der Waals surface area contributed by atoms with E-state index in [0.29, 0.717) is 32.1 Å². The Morgan fingerprint density at radius 1 is 1.28 bits per heavy atom. The average molecular weight is 259 g/mol. The van der Waals surface area contributed by atoms with Crippen LogP contribution in [0, 0.1) is 5.92 Å². The molecule has 3 N–H and O–H groups in total. The molecule has 0 radical (unpaired) electrons. The molecule has 2 rings (SSSR count). The molecular weight excluding hydrogens is 238 g/mol. The van der Waals surface area contributed by atoms with Crippen molar-refractivity contribution in [2.75, 3.05) is 26.4 Å². The van der Waals surface area contributed by atoms with Crippen LogP contribution in [0.1, 0.15) is 19.3 Å². The lowest BCUT2D eigenvalue weighted by atomic mass is 9.98. The van der Waals surface area contributed by atoms with Gasteiger partial charge in [0.05, 0.1) is 25.4 Å². The van der Waals surface area contributed by atoms with Crippen molar-refractivity contribution in [3.8, 4) is 0 Å². The Labute approximate surface area is 106 Å². The van der Waals surface area contributed by atoms with Gasteiger partial charge in [0, 0.05) is 13.2 Å². The number of hydrogen-bond acceptors (Lipinski definition) is 5. The predicted molar refractivity (Wildman–Crippen MR) is 62.9 cm³/mol. The molecule has 2 heterocycles. The molecule has 0 bridgehead atoms. The van der Waals surface area contributed by atoms with Crippen LogP contribution in [0.3, 0.4) is 0 Å². The summed E-state index contributed by atoms with van der Waals surface area (Å²) in [5.41, 5.74) is 0. The Balaban J connectivity index is 1.67. The van der Waals surface area contributed by atoms with E-state index in [9.17, 15) is 9.90 Å². The quantitative estimate of drug-likeness (QED) is 0.592. The molecule has 6 heteroatoms. The first kappa shape index (κ1) is 13.7. The van der Waals surface area contributed by atoms with Crippen LogP contribution in [0.15, 0.2) is 0 Å². The van der Waals surface area contributed by atoms with Crippen LogP contribution >= 0.6 is 0 Å². The van der Waals surface area contributed by atoms with Crippen LogP contribution in [0.25, 0.3) is 0 Å². The Morgan fingerprint density at radius 2 is 2.06 bits per heavy atom. The molecule has 0 aromatic rings. The first-order chi connectivity index (χ1) is 8.72. The third-order valence-electron chi connectivity index (χ3n) is 3.66. The number of carbonyl (C=O) groups excluding carboxylic acids is 1. The predicted octanol–water partition coefficient (Wildman–Crippen LogP) is -0.960. The molecule has 0 saturated carbocycles. The highest BCUT2D eigenvalue weighted by molar-refractivity contribution is 5.81. The SMILES string of the molecule is O=C(NCCC1CCO[C@@H]1CO)[C@H]1OCC[C@H]1O. The van der Waals surface area contributed by atoms with Gasteiger partial charge in [-0.2, -0.15) is 0 Å². The van der Waals surface area contributed by atoms with Gasteiger partial charge in [0.25, 0.3) is 5.91 Å². The Morgan fingerprint density at radius 3 is 2.72 bits per heavy atom. The highest BCUT2D eigenvalue weighted by atomic mass is 16.5. The highest BCUT2D eigenvalue weighted by Gasteiger charge is 2.33. The summed E-state index contributed by atoms with van der Waals surface area (Å²) in [4.78, 5) is 11.7. The van der Waals surface area contributed by atoms with E-state index in [2.05, 4.69) is 5.32 Å². The Hall–Kier alpha value is -0.690. The summed E-state index contributed by atoms with van der Waals surface area (Å²) >= 11 is 0. The monoisotopic (exact) mass is 259 g/mol. The van der Waals surface area contributed by atoms with Crippen LogP contribution < -0.4 is 5.32 Å². The van der Waals surface area contributed by atoms with Gasteiger partial charge in [0.1, 0.15) is 0 Å². The molecule has 1 amide bonds. The van der Waals surface area contributed by atoms with Crippen LogP contribution in [-0.4, -0.2) is 60.8 Å². The summed E-state index contributed by atoms with van der Waals surface area (Å²) < 4.78 is 10.5. The Bertz CT molecular complexity index is 286. The maximum atomic E-state index is 11.7. The Kier molecular flexibility index (Phi) is 4.94. The number of nitrogens with one attached hydrogen (secondary N) is 1. The fourth-order valence-corrected chi connectivity index (χ4v) is 2.53. The molecule has 2 aliphatic rings. The summed E-state index contributed by atoms with van der Waals surface area (Å²) in [6, 6.07) is 0. The number of carbonyl (C=O) groups is 1. The van der Waals surface area contributed by atoms with Crippen molar-refractivity contribution in [1.82, 2.24) is 5.32 Å². The van der Waals surface area contributed by atoms with Crippen molar-refractivity contribution < 1.29 is 24.5 Å². The van der Waals surface area contributed by atoms with Gasteiger partial charge >= 0.3 is 0 Å². The molecule has 0 aliphatic carbocycles. The smallest absolute Gasteiger partial charge is 0.251 e. The largest absolute Gasteiger partial charge is 0.394 e. The zero-order valence-electron chi connectivity index (χ0n) is 10.4. The van der Waals surface area contributed by atoms with Gasteiger partial charge in [0.15, 0.2) is 6.10 Å². The van der Waals surface area contributed by atoms with Gasteiger partial charge < -0.3 is 25.0 Å². The summed E-state index contributed by atoms with van der Waals surface area (Å²) in [7, 11) is 0. The van der Waals surface area contributed by atoms with Crippen molar-refractivity contribution in [3.05, 3.63) is 0 Å². The van der Waals surface area contributed by atoms with E-state index in [4.69, 9.17) is 14.6 Å². The second-order valence-electron chi connectivity index (χ2n) is 4.87. The minimum Gasteiger partial charge on any atom is -0.394 e. The normalized spacial score (nSPS) is 35.9. The molecule has 2 aliphatic heterocycles. The minimum atomic E-state index is -0.724. The molecule has 0 spiro atoms. The van der Waals surface area contributed by atoms with E-state index >= 15 is 0 Å². The number of hydrogen-bond donors (Lipinski definition) is 3. The van der Waals surface area contributed by atoms with Crippen LogP contribution in [-0.2, 0) is 14.3 Å². The van der Waals surface area contributed by atoms with Crippen molar-refractivity contribution >= 4 is 5.91 Å². The third-order valence-corrected chi connectivity index (χ3v) is 3.66. The van der Waals surface area contributed by atoms with E-state index in [0.717, 1.165) is 12.8 Å². The zero-order chi connectivity index (χ0) is 13.0. The number of amides is 1. The van der Waals surface area contributed by atoms with E-state index in [1.807, 2.05) is 0 Å². The molecule has 0 aromatic heterocycles. The summed E-state index contributed by atoms with van der Waals surface area (Å²) in [6.07, 6.45) is 0.698. The molecule has 2 saturated heterocycles. The van der Waals surface area contributed by atoms with E-state index in [1.165, 1.54) is 0 Å². The lowest BCUT2D eigenvalue weighted by Crippen LogP contribution is -2.41. The molecule has 18 heavy (non-hydrogen) atoms. The van der Waals surface area contributed by atoms with Gasteiger partial charge in [-0.15, -0.1) is 0 Å². The third kappa shape index (κ3) is 3.20. The summed E-state index contributed by atoms with van der Waals surface area (Å²) in [5, 5.41) is 21.4. The summed E-state index contributed by atoms with van der Waals surface area (Å²) in [5.74, 6) is 0.0455. The molecule has 0 aromatic carbocycles. The second-order valence-corrected chi connectivity index (χ2v) is 4.87. The maximum absolute atomic E-state index is 11.7. The van der Waals surface area contributed by atoms with Gasteiger partial charge in [-0.25, -0.2) is 0 Å².